The molecule has 178 valence electrons. The van der Waals surface area contributed by atoms with E-state index in [-0.39, 0.29) is 11.5 Å². The number of amides is 1. The van der Waals surface area contributed by atoms with Gasteiger partial charge in [-0.3, -0.25) is 9.69 Å². The number of aromatic nitrogens is 3. The van der Waals surface area contributed by atoms with Gasteiger partial charge in [0.25, 0.3) is 5.91 Å². The fraction of sp³-hybridized carbons (Fsp3) is 0.519. The summed E-state index contributed by atoms with van der Waals surface area (Å²) in [5, 5.41) is 10.8. The van der Waals surface area contributed by atoms with Gasteiger partial charge in [-0.2, -0.15) is 15.4 Å². The second kappa shape index (κ2) is 8.08. The van der Waals surface area contributed by atoms with Gasteiger partial charge >= 0.3 is 0 Å². The molecule has 7 heteroatoms. The van der Waals surface area contributed by atoms with Gasteiger partial charge in [0, 0.05) is 37.2 Å². The summed E-state index contributed by atoms with van der Waals surface area (Å²) in [7, 11) is 0. The second-order valence-electron chi connectivity index (χ2n) is 11.0. The number of carbonyl (C=O) groups excluding carboxylic acids is 1. The number of aromatic amines is 1. The van der Waals surface area contributed by atoms with Gasteiger partial charge in [-0.05, 0) is 81.8 Å². The van der Waals surface area contributed by atoms with Crippen molar-refractivity contribution in [2.75, 3.05) is 26.2 Å². The van der Waals surface area contributed by atoms with Gasteiger partial charge in [0.2, 0.25) is 0 Å². The average Bonchev–Trinajstić information content (AvgIpc) is 3.43. The van der Waals surface area contributed by atoms with Crippen molar-refractivity contribution in [3.8, 4) is 5.75 Å². The van der Waals surface area contributed by atoms with E-state index in [1.54, 1.807) is 0 Å². The topological polar surface area (TPSA) is 74.4 Å². The Kier molecular flexibility index (Phi) is 5.13. The monoisotopic (exact) mass is 459 g/mol. The molecule has 1 N–H and O–H groups in total. The number of H-pyrrole nitrogens is 1. The maximum atomic E-state index is 13.1. The highest BCUT2D eigenvalue weighted by Gasteiger charge is 2.39. The molecule has 0 radical (unpaired) electrons. The van der Waals surface area contributed by atoms with Crippen molar-refractivity contribution in [1.82, 2.24) is 25.2 Å². The molecule has 1 spiro atoms. The van der Waals surface area contributed by atoms with Crippen LogP contribution in [0.1, 0.15) is 61.0 Å². The summed E-state index contributed by atoms with van der Waals surface area (Å²) in [6, 6.07) is 12.2. The number of ether oxygens (including phenoxy) is 1. The molecule has 0 atom stereocenters. The number of nitrogens with one attached hydrogen (secondary N) is 1. The Morgan fingerprint density at radius 1 is 1.00 bits per heavy atom. The molecule has 7 nitrogen and oxygen atoms in total. The van der Waals surface area contributed by atoms with Crippen LogP contribution in [0.15, 0.2) is 36.4 Å². The van der Waals surface area contributed by atoms with E-state index in [2.05, 4.69) is 52.4 Å². The highest BCUT2D eigenvalue weighted by atomic mass is 16.5. The third kappa shape index (κ3) is 3.96. The first-order valence-electron chi connectivity index (χ1n) is 12.5. The fourth-order valence-electron chi connectivity index (χ4n) is 6.07. The molecule has 0 saturated carbocycles. The summed E-state index contributed by atoms with van der Waals surface area (Å²) in [6.07, 6.45) is 5.59. The van der Waals surface area contributed by atoms with Gasteiger partial charge in [0.1, 0.15) is 22.4 Å². The molecule has 2 aromatic carbocycles. The van der Waals surface area contributed by atoms with E-state index in [9.17, 15) is 4.79 Å². The predicted octanol–water partition coefficient (Wildman–Crippen LogP) is 4.19. The maximum absolute atomic E-state index is 13.1. The number of para-hydroxylation sites is 1. The Morgan fingerprint density at radius 3 is 2.53 bits per heavy atom. The van der Waals surface area contributed by atoms with Crippen LogP contribution in [0.5, 0.6) is 5.75 Å². The van der Waals surface area contributed by atoms with Gasteiger partial charge < -0.3 is 9.64 Å². The van der Waals surface area contributed by atoms with E-state index in [1.807, 2.05) is 23.1 Å². The lowest BCUT2D eigenvalue weighted by molar-refractivity contribution is 0.0282. The largest absolute Gasteiger partial charge is 0.487 e. The molecule has 0 bridgehead atoms. The maximum Gasteiger partial charge on any atom is 0.253 e. The van der Waals surface area contributed by atoms with Crippen LogP contribution < -0.4 is 4.74 Å². The Balaban J connectivity index is 1.05. The highest BCUT2D eigenvalue weighted by Crippen LogP contribution is 2.43. The number of piperidine rings is 2. The van der Waals surface area contributed by atoms with Crippen LogP contribution in [0, 0.1) is 5.41 Å². The number of carbonyl (C=O) groups is 1. The van der Waals surface area contributed by atoms with Crippen molar-refractivity contribution in [1.29, 1.82) is 0 Å². The molecule has 1 amide bonds. The molecule has 0 unspecified atom stereocenters. The zero-order chi connectivity index (χ0) is 23.3. The molecule has 2 fully saturated rings. The van der Waals surface area contributed by atoms with Gasteiger partial charge in [0.05, 0.1) is 0 Å². The molecular formula is C27H33N5O2. The van der Waals surface area contributed by atoms with Gasteiger partial charge in [-0.1, -0.05) is 18.2 Å². The quantitative estimate of drug-likeness (QED) is 0.636. The molecule has 34 heavy (non-hydrogen) atoms. The predicted molar refractivity (Wildman–Crippen MR) is 131 cm³/mol. The Labute approximate surface area is 200 Å². The Bertz CT molecular complexity index is 1210. The standard InChI is InChI=1S/C27H33N5O2/c1-26(2)17-20-4-3-5-21(24(20)34-26)18-31-12-8-27(9-13-31)10-14-32(15-11-27)25(33)19-6-7-22-23(16-19)29-30-28-22/h3-7,16H,8-15,17-18H2,1-2H3,(H,28,29,30). The SMILES string of the molecule is CC1(C)Cc2cccc(CN3CCC4(CC3)CCN(C(=O)c3ccc5n[nH]nc5c3)CC4)c2O1. The fourth-order valence-corrected chi connectivity index (χ4v) is 6.07. The van der Waals surface area contributed by atoms with Crippen LogP contribution in [0.25, 0.3) is 11.0 Å². The minimum Gasteiger partial charge on any atom is -0.487 e. The summed E-state index contributed by atoms with van der Waals surface area (Å²) in [5.41, 5.74) is 5.17. The smallest absolute Gasteiger partial charge is 0.253 e. The third-order valence-corrected chi connectivity index (χ3v) is 8.16. The summed E-state index contributed by atoms with van der Waals surface area (Å²) in [5.74, 6) is 1.22. The molecule has 0 aliphatic carbocycles. The summed E-state index contributed by atoms with van der Waals surface area (Å²) >= 11 is 0. The van der Waals surface area contributed by atoms with Gasteiger partial charge in [0.15, 0.2) is 0 Å². The molecule has 3 aliphatic rings. The zero-order valence-electron chi connectivity index (χ0n) is 20.1. The van der Waals surface area contributed by atoms with Gasteiger partial charge in [-0.25, -0.2) is 0 Å². The lowest BCUT2D eigenvalue weighted by atomic mass is 9.71. The van der Waals surface area contributed by atoms with Crippen LogP contribution in [0.2, 0.25) is 0 Å². The van der Waals surface area contributed by atoms with Crippen LogP contribution >= 0.6 is 0 Å². The first-order chi connectivity index (χ1) is 16.4. The molecule has 6 rings (SSSR count). The number of rotatable bonds is 3. The number of hydrogen-bond acceptors (Lipinski definition) is 5. The number of fused-ring (bicyclic) bond motifs is 2. The molecule has 1 aromatic heterocycles. The summed E-state index contributed by atoms with van der Waals surface area (Å²) in [6.45, 7) is 9.21. The Morgan fingerprint density at radius 2 is 1.74 bits per heavy atom. The molecule has 2 saturated heterocycles. The Hall–Kier alpha value is -2.93. The van der Waals surface area contributed by atoms with Gasteiger partial charge in [-0.15, -0.1) is 0 Å². The minimum atomic E-state index is -0.101. The lowest BCUT2D eigenvalue weighted by Gasteiger charge is -2.47. The van der Waals surface area contributed by atoms with Crippen molar-refractivity contribution >= 4 is 16.9 Å². The van der Waals surface area contributed by atoms with E-state index < -0.39 is 0 Å². The van der Waals surface area contributed by atoms with Crippen molar-refractivity contribution < 1.29 is 9.53 Å². The normalized spacial score (nSPS) is 21.5. The first-order valence-corrected chi connectivity index (χ1v) is 12.5. The molecular weight excluding hydrogens is 426 g/mol. The van der Waals surface area contributed by atoms with Crippen molar-refractivity contribution in [2.24, 2.45) is 5.41 Å². The van der Waals surface area contributed by atoms with Crippen LogP contribution in [-0.4, -0.2) is 62.9 Å². The minimum absolute atomic E-state index is 0.101. The van der Waals surface area contributed by atoms with E-state index in [0.29, 0.717) is 11.0 Å². The third-order valence-electron chi connectivity index (χ3n) is 8.16. The second-order valence-corrected chi connectivity index (χ2v) is 11.0. The average molecular weight is 460 g/mol. The van der Waals surface area contributed by atoms with E-state index in [4.69, 9.17) is 4.74 Å². The lowest BCUT2D eigenvalue weighted by Crippen LogP contribution is -2.48. The highest BCUT2D eigenvalue weighted by molar-refractivity contribution is 5.97. The van der Waals surface area contributed by atoms with Crippen molar-refractivity contribution in [2.45, 2.75) is 58.1 Å². The number of nitrogens with zero attached hydrogens (tertiary/aromatic N) is 4. The van der Waals surface area contributed by atoms with E-state index in [1.165, 1.54) is 24.0 Å². The number of benzene rings is 2. The van der Waals surface area contributed by atoms with E-state index >= 15 is 0 Å². The van der Waals surface area contributed by atoms with E-state index in [0.717, 1.165) is 68.8 Å². The van der Waals surface area contributed by atoms with Crippen LogP contribution in [0.3, 0.4) is 0 Å². The molecule has 3 aliphatic heterocycles. The van der Waals surface area contributed by atoms with Crippen molar-refractivity contribution in [3.63, 3.8) is 0 Å². The number of hydrogen-bond donors (Lipinski definition) is 1. The number of likely N-dealkylation sites (tertiary alicyclic amines) is 2. The van der Waals surface area contributed by atoms with Crippen LogP contribution in [0.4, 0.5) is 0 Å². The summed E-state index contributed by atoms with van der Waals surface area (Å²) in [4.78, 5) is 17.7. The van der Waals surface area contributed by atoms with Crippen LogP contribution in [-0.2, 0) is 13.0 Å². The molecule has 4 heterocycles. The van der Waals surface area contributed by atoms with Crippen molar-refractivity contribution in [3.05, 3.63) is 53.1 Å². The molecule has 3 aromatic rings. The zero-order valence-corrected chi connectivity index (χ0v) is 20.1. The summed E-state index contributed by atoms with van der Waals surface area (Å²) < 4.78 is 6.29. The first kappa shape index (κ1) is 21.6.